The Kier molecular flexibility index (Phi) is 5.46. The van der Waals surface area contributed by atoms with Crippen LogP contribution in [0.25, 0.3) is 0 Å². The van der Waals surface area contributed by atoms with E-state index in [1.54, 1.807) is 37.3 Å². The zero-order valence-electron chi connectivity index (χ0n) is 14.9. The number of para-hydroxylation sites is 1. The Morgan fingerprint density at radius 1 is 1.15 bits per heavy atom. The molecule has 1 saturated carbocycles. The summed E-state index contributed by atoms with van der Waals surface area (Å²) >= 11 is 0. The van der Waals surface area contributed by atoms with Crippen LogP contribution in [0.15, 0.2) is 30.3 Å². The number of carbonyl (C=O) groups is 2. The first kappa shape index (κ1) is 17.8. The maximum Gasteiger partial charge on any atom is 0.339 e. The Morgan fingerprint density at radius 2 is 1.88 bits per heavy atom. The maximum atomic E-state index is 12.6. The monoisotopic (exact) mass is 354 g/mol. The molecule has 0 unspecified atom stereocenters. The Bertz CT molecular complexity index is 816. The lowest BCUT2D eigenvalue weighted by molar-refractivity contribution is 0.0602. The van der Waals surface area contributed by atoms with E-state index in [0.717, 1.165) is 12.8 Å². The van der Waals surface area contributed by atoms with Crippen LogP contribution in [0.4, 0.5) is 11.5 Å². The van der Waals surface area contributed by atoms with Crippen molar-refractivity contribution in [1.82, 2.24) is 9.97 Å². The summed E-state index contributed by atoms with van der Waals surface area (Å²) < 4.78 is 4.75. The van der Waals surface area contributed by atoms with Crippen LogP contribution in [-0.4, -0.2) is 35.0 Å². The zero-order valence-corrected chi connectivity index (χ0v) is 14.9. The molecule has 1 aliphatic carbocycles. The lowest BCUT2D eigenvalue weighted by Crippen LogP contribution is -2.20. The Labute approximate surface area is 152 Å². The lowest BCUT2D eigenvalue weighted by atomic mass is 10.1. The number of hydrogen-bond donors (Lipinski definition) is 2. The topological polar surface area (TPSA) is 93.2 Å². The smallest absolute Gasteiger partial charge is 0.339 e. The fraction of sp³-hybridized carbons (Fsp3) is 0.368. The minimum atomic E-state index is -0.511. The van der Waals surface area contributed by atoms with Gasteiger partial charge in [0.15, 0.2) is 0 Å². The van der Waals surface area contributed by atoms with E-state index in [2.05, 4.69) is 20.6 Å². The molecule has 0 spiro atoms. The molecular weight excluding hydrogens is 332 g/mol. The van der Waals surface area contributed by atoms with Gasteiger partial charge in [-0.25, -0.2) is 14.8 Å². The second-order valence-corrected chi connectivity index (χ2v) is 6.30. The minimum absolute atomic E-state index is 0.248. The van der Waals surface area contributed by atoms with Gasteiger partial charge in [-0.1, -0.05) is 25.0 Å². The summed E-state index contributed by atoms with van der Waals surface area (Å²) in [5.41, 5.74) is 0.919. The number of benzene rings is 1. The molecule has 2 N–H and O–H groups in total. The first-order valence-electron chi connectivity index (χ1n) is 8.67. The highest BCUT2D eigenvalue weighted by Gasteiger charge is 2.18. The van der Waals surface area contributed by atoms with E-state index >= 15 is 0 Å². The summed E-state index contributed by atoms with van der Waals surface area (Å²) in [6, 6.07) is 8.72. The molecule has 2 aromatic rings. The summed E-state index contributed by atoms with van der Waals surface area (Å²) in [6.45, 7) is 1.75. The highest BCUT2D eigenvalue weighted by atomic mass is 16.5. The second kappa shape index (κ2) is 7.95. The molecule has 0 saturated heterocycles. The predicted molar refractivity (Wildman–Crippen MR) is 98.4 cm³/mol. The van der Waals surface area contributed by atoms with Gasteiger partial charge in [-0.15, -0.1) is 0 Å². The quantitative estimate of drug-likeness (QED) is 0.801. The molecule has 0 atom stereocenters. The van der Waals surface area contributed by atoms with Crippen molar-refractivity contribution in [1.29, 1.82) is 0 Å². The number of amides is 1. The van der Waals surface area contributed by atoms with E-state index in [1.807, 2.05) is 0 Å². The highest BCUT2D eigenvalue weighted by Crippen LogP contribution is 2.22. The average molecular weight is 354 g/mol. The Balaban J connectivity index is 1.80. The predicted octanol–water partition coefficient (Wildman–Crippen LogP) is 3.18. The molecule has 7 heteroatoms. The first-order chi connectivity index (χ1) is 12.6. The minimum Gasteiger partial charge on any atom is -0.465 e. The third-order valence-corrected chi connectivity index (χ3v) is 4.36. The molecule has 0 radical (unpaired) electrons. The average Bonchev–Trinajstić information content (AvgIpc) is 3.14. The van der Waals surface area contributed by atoms with E-state index in [-0.39, 0.29) is 5.69 Å². The van der Waals surface area contributed by atoms with Gasteiger partial charge in [0.2, 0.25) is 0 Å². The van der Waals surface area contributed by atoms with Gasteiger partial charge in [-0.2, -0.15) is 0 Å². The molecule has 3 rings (SSSR count). The molecule has 1 heterocycles. The number of hydrogen-bond acceptors (Lipinski definition) is 6. The molecule has 136 valence electrons. The largest absolute Gasteiger partial charge is 0.465 e. The number of aromatic nitrogens is 2. The number of anilines is 2. The molecule has 0 aliphatic heterocycles. The third-order valence-electron chi connectivity index (χ3n) is 4.36. The Morgan fingerprint density at radius 3 is 2.62 bits per heavy atom. The Hall–Kier alpha value is -2.96. The van der Waals surface area contributed by atoms with Gasteiger partial charge in [-0.3, -0.25) is 4.79 Å². The van der Waals surface area contributed by atoms with E-state index < -0.39 is 11.9 Å². The standard InChI is InChI=1S/C19H22N4O3/c1-12-20-16(11-17(21-12)22-13-7-3-4-8-13)18(24)23-15-10-6-5-9-14(15)19(25)26-2/h5-6,9-11,13H,3-4,7-8H2,1-2H3,(H,23,24)(H,20,21,22). The molecular formula is C19H22N4O3. The van der Waals surface area contributed by atoms with E-state index in [0.29, 0.717) is 28.9 Å². The van der Waals surface area contributed by atoms with Crippen molar-refractivity contribution >= 4 is 23.4 Å². The summed E-state index contributed by atoms with van der Waals surface area (Å²) in [6.07, 6.45) is 4.63. The molecule has 0 bridgehead atoms. The van der Waals surface area contributed by atoms with E-state index in [4.69, 9.17) is 4.74 Å². The summed E-state index contributed by atoms with van der Waals surface area (Å²) in [7, 11) is 1.30. The fourth-order valence-corrected chi connectivity index (χ4v) is 3.10. The second-order valence-electron chi connectivity index (χ2n) is 6.30. The van der Waals surface area contributed by atoms with Crippen LogP contribution in [-0.2, 0) is 4.74 Å². The van der Waals surface area contributed by atoms with Crippen molar-refractivity contribution in [3.63, 3.8) is 0 Å². The van der Waals surface area contributed by atoms with Gasteiger partial charge in [0, 0.05) is 12.1 Å². The van der Waals surface area contributed by atoms with Gasteiger partial charge in [0.05, 0.1) is 18.4 Å². The normalized spacial score (nSPS) is 14.1. The number of rotatable bonds is 5. The van der Waals surface area contributed by atoms with Crippen LogP contribution in [0.5, 0.6) is 0 Å². The summed E-state index contributed by atoms with van der Waals surface area (Å²) in [5.74, 6) is 0.250. The molecule has 1 aromatic carbocycles. The van der Waals surface area contributed by atoms with Crippen LogP contribution >= 0.6 is 0 Å². The van der Waals surface area contributed by atoms with Crippen LogP contribution in [0, 0.1) is 6.92 Å². The van der Waals surface area contributed by atoms with Crippen LogP contribution in [0.3, 0.4) is 0 Å². The fourth-order valence-electron chi connectivity index (χ4n) is 3.10. The van der Waals surface area contributed by atoms with Gasteiger partial charge in [-0.05, 0) is 31.9 Å². The molecule has 1 aliphatic rings. The summed E-state index contributed by atoms with van der Waals surface area (Å²) in [5, 5.41) is 6.11. The van der Waals surface area contributed by atoms with Gasteiger partial charge in [0.25, 0.3) is 5.91 Å². The third kappa shape index (κ3) is 4.17. The number of carbonyl (C=O) groups excluding carboxylic acids is 2. The van der Waals surface area contributed by atoms with Crippen molar-refractivity contribution in [2.45, 2.75) is 38.6 Å². The van der Waals surface area contributed by atoms with Crippen LogP contribution in [0.1, 0.15) is 52.4 Å². The van der Waals surface area contributed by atoms with Crippen molar-refractivity contribution in [2.24, 2.45) is 0 Å². The SMILES string of the molecule is COC(=O)c1ccccc1NC(=O)c1cc(NC2CCCC2)nc(C)n1. The summed E-state index contributed by atoms with van der Waals surface area (Å²) in [4.78, 5) is 33.1. The van der Waals surface area contributed by atoms with Crippen LogP contribution < -0.4 is 10.6 Å². The molecule has 1 amide bonds. The molecule has 26 heavy (non-hydrogen) atoms. The molecule has 1 fully saturated rings. The van der Waals surface area contributed by atoms with Gasteiger partial charge < -0.3 is 15.4 Å². The zero-order chi connectivity index (χ0) is 18.5. The lowest BCUT2D eigenvalue weighted by Gasteiger charge is -2.14. The number of ether oxygens (including phenoxy) is 1. The van der Waals surface area contributed by atoms with Crippen molar-refractivity contribution in [2.75, 3.05) is 17.7 Å². The first-order valence-corrected chi connectivity index (χ1v) is 8.67. The molecule has 7 nitrogen and oxygen atoms in total. The van der Waals surface area contributed by atoms with Crippen molar-refractivity contribution < 1.29 is 14.3 Å². The van der Waals surface area contributed by atoms with E-state index in [9.17, 15) is 9.59 Å². The molecule has 1 aromatic heterocycles. The number of nitrogens with one attached hydrogen (secondary N) is 2. The maximum absolute atomic E-state index is 12.6. The van der Waals surface area contributed by atoms with Gasteiger partial charge in [0.1, 0.15) is 17.3 Å². The van der Waals surface area contributed by atoms with E-state index in [1.165, 1.54) is 20.0 Å². The number of esters is 1. The van der Waals surface area contributed by atoms with Crippen molar-refractivity contribution in [3.05, 3.63) is 47.4 Å². The highest BCUT2D eigenvalue weighted by molar-refractivity contribution is 6.07. The van der Waals surface area contributed by atoms with Crippen molar-refractivity contribution in [3.8, 4) is 0 Å². The number of aryl methyl sites for hydroxylation is 1. The number of nitrogens with zero attached hydrogens (tertiary/aromatic N) is 2. The van der Waals surface area contributed by atoms with Gasteiger partial charge >= 0.3 is 5.97 Å². The van der Waals surface area contributed by atoms with Crippen LogP contribution in [0.2, 0.25) is 0 Å². The number of methoxy groups -OCH3 is 1.